The molecule has 2 saturated heterocycles. The molecule has 2 fully saturated rings. The van der Waals surface area contributed by atoms with Crippen LogP contribution in [0.3, 0.4) is 0 Å². The number of aliphatic hydroxyl groups excluding tert-OH is 4. The fourth-order valence-electron chi connectivity index (χ4n) is 10.2. The minimum absolute atomic E-state index is 0.0297. The van der Waals surface area contributed by atoms with Gasteiger partial charge in [-0.05, 0) is 93.8 Å². The number of aromatic nitrogens is 2. The van der Waals surface area contributed by atoms with E-state index in [0.29, 0.717) is 54.2 Å². The number of carbonyl (C=O) groups is 9. The number of nitrogens with one attached hydrogen (secondary N) is 6. The number of aliphatic hydroxyl groups is 4. The van der Waals surface area contributed by atoms with Crippen LogP contribution in [-0.2, 0) is 47.6 Å². The quantitative estimate of drug-likeness (QED) is 0.0337. The Hall–Kier alpha value is -8.76. The Morgan fingerprint density at radius 2 is 1.33 bits per heavy atom. The summed E-state index contributed by atoms with van der Waals surface area (Å²) >= 11 is 0. The fraction of sp³-hybridized carbons (Fsp3) is 0.458. The van der Waals surface area contributed by atoms with Gasteiger partial charge in [0.2, 0.25) is 29.9 Å². The Morgan fingerprint density at radius 3 is 1.98 bits per heavy atom. The summed E-state index contributed by atoms with van der Waals surface area (Å²) in [5.41, 5.74) is 2.29. The minimum atomic E-state index is -1.74. The number of aliphatic imine (C=N–C) groups is 1. The van der Waals surface area contributed by atoms with Crippen molar-refractivity contribution in [2.24, 2.45) is 25.0 Å². The number of rotatable bonds is 25. The van der Waals surface area contributed by atoms with Crippen LogP contribution in [-0.4, -0.2) is 174 Å². The van der Waals surface area contributed by atoms with E-state index in [0.717, 1.165) is 24.2 Å². The highest BCUT2D eigenvalue weighted by atomic mass is 16.7. The molecule has 86 heavy (non-hydrogen) atoms. The number of fused-ring (bicyclic) bond motifs is 2. The maximum Gasteiger partial charge on any atom is 0.272 e. The number of anilines is 4. The molecular weight excluding hydrogens is 1120 g/mol. The number of aryl methyl sites for hydroxylation is 2. The highest BCUT2D eigenvalue weighted by Gasteiger charge is 2.45. The summed E-state index contributed by atoms with van der Waals surface area (Å²) in [5.74, 6) is -4.13. The van der Waals surface area contributed by atoms with Crippen molar-refractivity contribution in [1.82, 2.24) is 29.6 Å². The molecule has 0 radical (unpaired) electrons. The monoisotopic (exact) mass is 1190 g/mol. The van der Waals surface area contributed by atoms with Gasteiger partial charge in [-0.2, -0.15) is 0 Å². The normalized spacial score (nSPS) is 20.6. The zero-order valence-electron chi connectivity index (χ0n) is 48.3. The highest BCUT2D eigenvalue weighted by Crippen LogP contribution is 2.40. The molecule has 0 unspecified atom stereocenters. The lowest BCUT2D eigenvalue weighted by atomic mass is 9.99. The van der Waals surface area contributed by atoms with Crippen LogP contribution in [0.25, 0.3) is 0 Å². The molecular formula is C59H73N11O16. The average molecular weight is 1190 g/mol. The van der Waals surface area contributed by atoms with Gasteiger partial charge in [0, 0.05) is 88.2 Å². The van der Waals surface area contributed by atoms with E-state index in [1.165, 1.54) is 52.5 Å². The molecule has 2 aromatic heterocycles. The molecule has 0 aliphatic carbocycles. The first-order chi connectivity index (χ1) is 41.1. The lowest BCUT2D eigenvalue weighted by Gasteiger charge is -2.39. The van der Waals surface area contributed by atoms with Gasteiger partial charge in [0.25, 0.3) is 29.5 Å². The molecule has 27 heteroatoms. The van der Waals surface area contributed by atoms with Crippen LogP contribution in [0.1, 0.15) is 110 Å². The number of hydrogen-bond acceptors (Lipinski definition) is 17. The van der Waals surface area contributed by atoms with Gasteiger partial charge in [-0.3, -0.25) is 53.0 Å². The van der Waals surface area contributed by atoms with E-state index < -0.39 is 78.9 Å². The van der Waals surface area contributed by atoms with Crippen molar-refractivity contribution in [3.63, 3.8) is 0 Å². The van der Waals surface area contributed by atoms with Gasteiger partial charge in [0.1, 0.15) is 47.9 Å². The third-order valence-electron chi connectivity index (χ3n) is 15.0. The Kier molecular flexibility index (Phi) is 20.9. The first-order valence-corrected chi connectivity index (χ1v) is 28.5. The predicted molar refractivity (Wildman–Crippen MR) is 312 cm³/mol. The average Bonchev–Trinajstić information content (AvgIpc) is 1.78. The van der Waals surface area contributed by atoms with Crippen LogP contribution >= 0.6 is 0 Å². The van der Waals surface area contributed by atoms with Crippen molar-refractivity contribution in [3.8, 4) is 11.5 Å². The maximum atomic E-state index is 13.8. The van der Waals surface area contributed by atoms with Crippen LogP contribution in [0.15, 0.2) is 78.1 Å². The molecule has 0 saturated carbocycles. The molecule has 8 atom stereocenters. The fourth-order valence-corrected chi connectivity index (χ4v) is 10.2. The molecule has 8 rings (SSSR count). The summed E-state index contributed by atoms with van der Waals surface area (Å²) in [6.45, 7) is 5.10. The Morgan fingerprint density at radius 1 is 0.698 bits per heavy atom. The topological polar surface area (TPSA) is 363 Å². The summed E-state index contributed by atoms with van der Waals surface area (Å²) in [7, 11) is 3.25. The molecule has 4 aliphatic heterocycles. The minimum Gasteiger partial charge on any atom is -0.490 e. The maximum absolute atomic E-state index is 13.8. The van der Waals surface area contributed by atoms with Crippen LogP contribution in [0.4, 0.5) is 28.4 Å². The first kappa shape index (κ1) is 63.3. The van der Waals surface area contributed by atoms with Crippen LogP contribution in [0.5, 0.6) is 11.5 Å². The Labute approximate surface area is 495 Å². The molecule has 4 aromatic rings. The van der Waals surface area contributed by atoms with Crippen LogP contribution < -0.4 is 41.4 Å². The predicted octanol–water partition coefficient (Wildman–Crippen LogP) is 2.62. The van der Waals surface area contributed by atoms with Crippen molar-refractivity contribution >= 4 is 87.8 Å². The second-order valence-corrected chi connectivity index (χ2v) is 21.9. The highest BCUT2D eigenvalue weighted by molar-refractivity contribution is 6.13. The number of nitrogens with zero attached hydrogens (tertiary/aromatic N) is 5. The number of imide groups is 1. The lowest BCUT2D eigenvalue weighted by molar-refractivity contribution is -0.277. The lowest BCUT2D eigenvalue weighted by Crippen LogP contribution is -2.60. The van der Waals surface area contributed by atoms with E-state index in [1.807, 2.05) is 0 Å². The van der Waals surface area contributed by atoms with E-state index in [9.17, 15) is 63.6 Å². The van der Waals surface area contributed by atoms with E-state index >= 15 is 0 Å². The Bertz CT molecular complexity index is 3240. The number of amides is 9. The second-order valence-electron chi connectivity index (χ2n) is 21.9. The Balaban J connectivity index is 0.782. The van der Waals surface area contributed by atoms with Gasteiger partial charge in [-0.15, -0.1) is 0 Å². The second kappa shape index (κ2) is 28.4. The smallest absolute Gasteiger partial charge is 0.272 e. The number of piperidine rings is 1. The van der Waals surface area contributed by atoms with Gasteiger partial charge >= 0.3 is 0 Å². The van der Waals surface area contributed by atoms with Crippen molar-refractivity contribution in [2.45, 2.75) is 127 Å². The molecule has 2 aromatic carbocycles. The zero-order valence-corrected chi connectivity index (χ0v) is 48.3. The standard InChI is InChI=1S/C59H73N11O16/c1-32(2)50(66-47(73)13-7-6-9-22-70-48(74)19-20-49(70)75)57(82)61-33(3)54(79)63-34-15-17-35(18-16-34)64-55(80)42-25-37(30-68(42)5)65-56(81)41-24-36(29-67(41)4)62-46(72)14-11-23-84-43-27-40-39(58(83)69-21-10-8-12-38(69)28-60-40)26-44(43)85-59-53(78)52(77)51(76)45(31-71)86-59/h15-20,24-30,32-33,38,45,50-53,59,71,76-78H,6-14,21-23,31H2,1-5H3,(H,61,82)(H,62,72)(H,63,79)(H,64,80)(H,65,81)(H,66,73)/t33-,38-,45+,50-,51-,52-,53+,59+/m0/s1. The van der Waals surface area contributed by atoms with E-state index in [4.69, 9.17) is 14.2 Å². The number of unbranched alkanes of at least 4 members (excludes halogenated alkanes) is 2. The summed E-state index contributed by atoms with van der Waals surface area (Å²) in [5, 5.41) is 57.7. The SMILES string of the molecule is CC(C)[C@H](NC(=O)CCCCCN1C(=O)C=CC1=O)C(=O)N[C@@H](C)C(=O)Nc1ccc(NC(=O)c2cc(NC(=O)c3cc(NC(=O)CCCOc4cc5c(cc4O[C@@H]4O[C@H](CO)[C@H](O)[C@H](O)[C@H]4O)C(=O)N4CCCC[C@H]4C=N5)cn3C)cn2C)cc1. The van der Waals surface area contributed by atoms with Crippen molar-refractivity contribution in [3.05, 3.63) is 90.0 Å². The van der Waals surface area contributed by atoms with Gasteiger partial charge < -0.3 is 80.6 Å². The van der Waals surface area contributed by atoms with Gasteiger partial charge in [0.15, 0.2) is 11.5 Å². The summed E-state index contributed by atoms with van der Waals surface area (Å²) < 4.78 is 20.7. The van der Waals surface area contributed by atoms with Crippen LogP contribution in [0, 0.1) is 5.92 Å². The molecule has 9 amide bonds. The van der Waals surface area contributed by atoms with Crippen molar-refractivity contribution < 1.29 is 77.8 Å². The third-order valence-corrected chi connectivity index (χ3v) is 15.0. The first-order valence-electron chi connectivity index (χ1n) is 28.5. The third kappa shape index (κ3) is 15.6. The largest absolute Gasteiger partial charge is 0.490 e. The van der Waals surface area contributed by atoms with Gasteiger partial charge in [0.05, 0.1) is 41.9 Å². The van der Waals surface area contributed by atoms with E-state index in [1.54, 1.807) is 75.7 Å². The van der Waals surface area contributed by atoms with Crippen molar-refractivity contribution in [2.75, 3.05) is 47.6 Å². The molecule has 0 spiro atoms. The molecule has 460 valence electrons. The van der Waals surface area contributed by atoms with Crippen LogP contribution in [0.2, 0.25) is 0 Å². The van der Waals surface area contributed by atoms with Gasteiger partial charge in [-0.1, -0.05) is 20.3 Å². The molecule has 27 nitrogen and oxygen atoms in total. The van der Waals surface area contributed by atoms with E-state index in [-0.39, 0.29) is 96.5 Å². The van der Waals surface area contributed by atoms with E-state index in [2.05, 4.69) is 36.9 Å². The van der Waals surface area contributed by atoms with Crippen molar-refractivity contribution in [1.29, 1.82) is 0 Å². The molecule has 10 N–H and O–H groups in total. The number of carbonyl (C=O) groups excluding carboxylic acids is 9. The molecule has 6 heterocycles. The summed E-state index contributed by atoms with van der Waals surface area (Å²) in [4.78, 5) is 124. The number of benzene rings is 2. The number of ether oxygens (including phenoxy) is 3. The summed E-state index contributed by atoms with van der Waals surface area (Å²) in [6, 6.07) is 10.0. The molecule has 0 bridgehead atoms. The summed E-state index contributed by atoms with van der Waals surface area (Å²) in [6.07, 6.45) is 3.73. The molecule has 4 aliphatic rings. The number of hydrogen-bond donors (Lipinski definition) is 10. The zero-order chi connectivity index (χ0) is 61.9. The van der Waals surface area contributed by atoms with Gasteiger partial charge in [-0.25, -0.2) is 0 Å².